The highest BCUT2D eigenvalue weighted by Crippen LogP contribution is 2.07. The van der Waals surface area contributed by atoms with Gasteiger partial charge < -0.3 is 4.74 Å². The molecule has 0 aromatic heterocycles. The van der Waals surface area contributed by atoms with Crippen molar-refractivity contribution in [2.24, 2.45) is 0 Å². The number of imide groups is 1. The van der Waals surface area contributed by atoms with E-state index < -0.39 is 0 Å². The number of hydrogen-bond donors (Lipinski definition) is 1. The van der Waals surface area contributed by atoms with Gasteiger partial charge in [-0.25, -0.2) is 0 Å². The van der Waals surface area contributed by atoms with Crippen molar-refractivity contribution in [3.8, 4) is 0 Å². The van der Waals surface area contributed by atoms with E-state index >= 15 is 0 Å². The van der Waals surface area contributed by atoms with Crippen LogP contribution >= 0.6 is 0 Å². The van der Waals surface area contributed by atoms with E-state index in [4.69, 9.17) is 4.74 Å². The van der Waals surface area contributed by atoms with Crippen LogP contribution in [0.25, 0.3) is 0 Å². The van der Waals surface area contributed by atoms with Crippen LogP contribution in [0, 0.1) is 6.92 Å². The van der Waals surface area contributed by atoms with Gasteiger partial charge in [-0.1, -0.05) is 29.8 Å². The summed E-state index contributed by atoms with van der Waals surface area (Å²) in [5.41, 5.74) is 2.61. The smallest absolute Gasteiger partial charge is 0.256 e. The standard InChI is InChI=1S/C13H13NO3/c1-9-2-4-10(5-3-9)7-17-8-11-6-12(15)14-13(11)16/h2-6H,7-8H2,1H3,(H,14,15,16). The number of hydrogen-bond acceptors (Lipinski definition) is 3. The molecule has 0 atom stereocenters. The first-order chi connectivity index (χ1) is 8.15. The van der Waals surface area contributed by atoms with Crippen molar-refractivity contribution >= 4 is 11.8 Å². The normalized spacial score (nSPS) is 14.8. The van der Waals surface area contributed by atoms with Gasteiger partial charge in [0.05, 0.1) is 13.2 Å². The Kier molecular flexibility index (Phi) is 3.35. The third-order valence-electron chi connectivity index (χ3n) is 2.48. The maximum atomic E-state index is 11.2. The minimum atomic E-state index is -0.371. The van der Waals surface area contributed by atoms with Crippen LogP contribution in [0.15, 0.2) is 35.9 Å². The third kappa shape index (κ3) is 3.01. The van der Waals surface area contributed by atoms with Crippen molar-refractivity contribution in [3.63, 3.8) is 0 Å². The molecule has 0 saturated heterocycles. The number of carbonyl (C=O) groups excluding carboxylic acids is 2. The highest BCUT2D eigenvalue weighted by Gasteiger charge is 2.20. The van der Waals surface area contributed by atoms with Crippen LogP contribution < -0.4 is 5.32 Å². The minimum absolute atomic E-state index is 0.158. The van der Waals surface area contributed by atoms with E-state index in [-0.39, 0.29) is 18.4 Å². The lowest BCUT2D eigenvalue weighted by atomic mass is 10.2. The SMILES string of the molecule is Cc1ccc(COCC2=CC(=O)NC2=O)cc1. The number of carbonyl (C=O) groups is 2. The van der Waals surface area contributed by atoms with Gasteiger partial charge in [-0.3, -0.25) is 14.9 Å². The number of amides is 2. The lowest BCUT2D eigenvalue weighted by molar-refractivity contribution is -0.124. The van der Waals surface area contributed by atoms with Crippen LogP contribution in [-0.4, -0.2) is 18.4 Å². The predicted octanol–water partition coefficient (Wildman–Crippen LogP) is 1.09. The molecule has 0 bridgehead atoms. The summed E-state index contributed by atoms with van der Waals surface area (Å²) in [7, 11) is 0. The summed E-state index contributed by atoms with van der Waals surface area (Å²) in [6, 6.07) is 7.96. The van der Waals surface area contributed by atoms with Crippen LogP contribution in [0.2, 0.25) is 0 Å². The maximum Gasteiger partial charge on any atom is 0.256 e. The fourth-order valence-electron chi connectivity index (χ4n) is 1.52. The van der Waals surface area contributed by atoms with Gasteiger partial charge in [-0.05, 0) is 12.5 Å². The Bertz CT molecular complexity index is 474. The van der Waals surface area contributed by atoms with Crippen LogP contribution in [0.4, 0.5) is 0 Å². The summed E-state index contributed by atoms with van der Waals surface area (Å²) in [5, 5.41) is 2.17. The Morgan fingerprint density at radius 3 is 2.41 bits per heavy atom. The molecule has 1 aliphatic heterocycles. The Hall–Kier alpha value is -1.94. The average molecular weight is 231 g/mol. The fourth-order valence-corrected chi connectivity index (χ4v) is 1.52. The molecule has 1 heterocycles. The molecule has 1 aromatic carbocycles. The van der Waals surface area contributed by atoms with E-state index in [1.165, 1.54) is 11.6 Å². The van der Waals surface area contributed by atoms with E-state index in [2.05, 4.69) is 5.32 Å². The van der Waals surface area contributed by atoms with E-state index in [0.29, 0.717) is 12.2 Å². The van der Waals surface area contributed by atoms with Crippen molar-refractivity contribution in [1.29, 1.82) is 0 Å². The topological polar surface area (TPSA) is 55.4 Å². The molecule has 88 valence electrons. The van der Waals surface area contributed by atoms with Crippen LogP contribution in [0.5, 0.6) is 0 Å². The third-order valence-corrected chi connectivity index (χ3v) is 2.48. The largest absolute Gasteiger partial charge is 0.372 e. The molecule has 0 unspecified atom stereocenters. The Balaban J connectivity index is 1.84. The summed E-state index contributed by atoms with van der Waals surface area (Å²) in [6.45, 7) is 2.61. The molecule has 0 radical (unpaired) electrons. The second kappa shape index (κ2) is 4.93. The zero-order valence-corrected chi connectivity index (χ0v) is 9.53. The number of ether oxygens (including phenoxy) is 1. The number of rotatable bonds is 4. The fraction of sp³-hybridized carbons (Fsp3) is 0.231. The van der Waals surface area contributed by atoms with E-state index in [0.717, 1.165) is 5.56 Å². The van der Waals surface area contributed by atoms with Gasteiger partial charge in [0.15, 0.2) is 0 Å². The maximum absolute atomic E-state index is 11.2. The van der Waals surface area contributed by atoms with Crippen molar-refractivity contribution in [3.05, 3.63) is 47.0 Å². The van der Waals surface area contributed by atoms with Gasteiger partial charge in [-0.2, -0.15) is 0 Å². The van der Waals surface area contributed by atoms with Gasteiger partial charge in [-0.15, -0.1) is 0 Å². The Morgan fingerprint density at radius 2 is 1.82 bits per heavy atom. The first kappa shape index (κ1) is 11.5. The van der Waals surface area contributed by atoms with E-state index in [9.17, 15) is 9.59 Å². The second-order valence-electron chi connectivity index (χ2n) is 3.97. The lowest BCUT2D eigenvalue weighted by Crippen LogP contribution is -2.23. The quantitative estimate of drug-likeness (QED) is 0.789. The molecule has 2 amide bonds. The molecule has 0 saturated carbocycles. The van der Waals surface area contributed by atoms with Crippen LogP contribution in [-0.2, 0) is 20.9 Å². The molecule has 0 fully saturated rings. The number of nitrogens with one attached hydrogen (secondary N) is 1. The molecular weight excluding hydrogens is 218 g/mol. The first-order valence-electron chi connectivity index (χ1n) is 5.34. The number of benzene rings is 1. The highest BCUT2D eigenvalue weighted by molar-refractivity contribution is 6.16. The molecular formula is C13H13NO3. The van der Waals surface area contributed by atoms with Gasteiger partial charge in [0.2, 0.25) is 0 Å². The van der Waals surface area contributed by atoms with E-state index in [1.807, 2.05) is 31.2 Å². The summed E-state index contributed by atoms with van der Waals surface area (Å²) in [4.78, 5) is 22.1. The molecule has 4 nitrogen and oxygen atoms in total. The highest BCUT2D eigenvalue weighted by atomic mass is 16.5. The van der Waals surface area contributed by atoms with Crippen molar-refractivity contribution < 1.29 is 14.3 Å². The molecule has 0 aliphatic carbocycles. The first-order valence-corrected chi connectivity index (χ1v) is 5.34. The van der Waals surface area contributed by atoms with Crippen LogP contribution in [0.3, 0.4) is 0 Å². The average Bonchev–Trinajstić information content (AvgIpc) is 2.60. The van der Waals surface area contributed by atoms with Gasteiger partial charge in [0.1, 0.15) is 0 Å². The zero-order chi connectivity index (χ0) is 12.3. The van der Waals surface area contributed by atoms with Gasteiger partial charge in [0, 0.05) is 11.6 Å². The molecule has 1 aromatic rings. The lowest BCUT2D eigenvalue weighted by Gasteiger charge is -2.04. The Labute approximate surface area is 99.3 Å². The van der Waals surface area contributed by atoms with Gasteiger partial charge >= 0.3 is 0 Å². The summed E-state index contributed by atoms with van der Waals surface area (Å²) < 4.78 is 5.38. The molecule has 1 aliphatic rings. The number of aryl methyl sites for hydroxylation is 1. The molecule has 1 N–H and O–H groups in total. The molecule has 2 rings (SSSR count). The zero-order valence-electron chi connectivity index (χ0n) is 9.53. The van der Waals surface area contributed by atoms with Gasteiger partial charge in [0.25, 0.3) is 11.8 Å². The molecule has 0 spiro atoms. The minimum Gasteiger partial charge on any atom is -0.372 e. The van der Waals surface area contributed by atoms with Crippen molar-refractivity contribution in [2.75, 3.05) is 6.61 Å². The van der Waals surface area contributed by atoms with Crippen molar-refractivity contribution in [2.45, 2.75) is 13.5 Å². The van der Waals surface area contributed by atoms with Crippen molar-refractivity contribution in [1.82, 2.24) is 5.32 Å². The van der Waals surface area contributed by atoms with Crippen LogP contribution in [0.1, 0.15) is 11.1 Å². The Morgan fingerprint density at radius 1 is 1.12 bits per heavy atom. The monoisotopic (exact) mass is 231 g/mol. The summed E-state index contributed by atoms with van der Waals surface area (Å²) in [6.07, 6.45) is 1.28. The molecule has 17 heavy (non-hydrogen) atoms. The summed E-state index contributed by atoms with van der Waals surface area (Å²) in [5.74, 6) is -0.733. The summed E-state index contributed by atoms with van der Waals surface area (Å²) >= 11 is 0. The van der Waals surface area contributed by atoms with E-state index in [1.54, 1.807) is 0 Å². The predicted molar refractivity (Wildman–Crippen MR) is 62.1 cm³/mol. The second-order valence-corrected chi connectivity index (χ2v) is 3.97. The molecule has 4 heteroatoms.